The predicted molar refractivity (Wildman–Crippen MR) is 115 cm³/mol. The van der Waals surface area contributed by atoms with Crippen molar-refractivity contribution in [2.24, 2.45) is 11.5 Å². The van der Waals surface area contributed by atoms with Gasteiger partial charge in [0, 0.05) is 6.92 Å². The molecule has 0 aliphatic carbocycles. The van der Waals surface area contributed by atoms with Gasteiger partial charge < -0.3 is 31.2 Å². The lowest BCUT2D eigenvalue weighted by Gasteiger charge is -2.10. The van der Waals surface area contributed by atoms with E-state index in [0.29, 0.717) is 13.0 Å². The fraction of sp³-hybridized carbons (Fsp3) is 0.273. The van der Waals surface area contributed by atoms with Crippen LogP contribution in [0.15, 0.2) is 48.5 Å². The first kappa shape index (κ1) is 26.3. The number of unbranched alkanes of at least 4 members (excludes halogenated alkanes) is 1. The van der Waals surface area contributed by atoms with Crippen LogP contribution in [0.3, 0.4) is 0 Å². The third kappa shape index (κ3) is 8.94. The third-order valence-electron chi connectivity index (χ3n) is 3.97. The Hall–Kier alpha value is -3.76. The quantitative estimate of drug-likeness (QED) is 0.253. The molecular formula is C22H26N2O8. The van der Waals surface area contributed by atoms with Crippen molar-refractivity contribution in [3.05, 3.63) is 59.7 Å². The zero-order valence-electron chi connectivity index (χ0n) is 17.5. The molecular weight excluding hydrogens is 420 g/mol. The molecule has 0 unspecified atom stereocenters. The van der Waals surface area contributed by atoms with Gasteiger partial charge in [-0.15, -0.1) is 0 Å². The second-order valence-corrected chi connectivity index (χ2v) is 6.51. The molecule has 0 bridgehead atoms. The summed E-state index contributed by atoms with van der Waals surface area (Å²) in [6.07, 6.45) is 2.16. The van der Waals surface area contributed by atoms with Crippen molar-refractivity contribution >= 4 is 23.9 Å². The summed E-state index contributed by atoms with van der Waals surface area (Å²) in [4.78, 5) is 44.5. The summed E-state index contributed by atoms with van der Waals surface area (Å²) >= 11 is 0. The van der Waals surface area contributed by atoms with E-state index in [1.807, 2.05) is 0 Å². The van der Waals surface area contributed by atoms with Crippen molar-refractivity contribution in [1.82, 2.24) is 0 Å². The topological polar surface area (TPSA) is 179 Å². The number of esters is 2. The van der Waals surface area contributed by atoms with E-state index in [0.717, 1.165) is 12.8 Å². The molecule has 0 radical (unpaired) electrons. The van der Waals surface area contributed by atoms with Crippen LogP contribution in [0.1, 0.15) is 46.9 Å². The molecule has 0 heterocycles. The van der Waals surface area contributed by atoms with Crippen molar-refractivity contribution in [3.63, 3.8) is 0 Å². The summed E-state index contributed by atoms with van der Waals surface area (Å²) in [6.45, 7) is 1.81. The first-order chi connectivity index (χ1) is 15.2. The molecule has 6 N–H and O–H groups in total. The minimum Gasteiger partial charge on any atom is -0.480 e. The maximum absolute atomic E-state index is 12.2. The molecule has 10 nitrogen and oxygen atoms in total. The number of carboxylic acid groups (broad SMARTS) is 2. The number of nitrogens with two attached hydrogens (primary N) is 2. The van der Waals surface area contributed by atoms with E-state index in [1.54, 1.807) is 18.2 Å². The summed E-state index contributed by atoms with van der Waals surface area (Å²) in [5.74, 6) is -3.57. The van der Waals surface area contributed by atoms with E-state index in [4.69, 9.17) is 31.2 Å². The number of benzene rings is 2. The number of carbonyl (C=O) groups is 4. The number of aliphatic carboxylic acids is 1. The Labute approximate surface area is 184 Å². The minimum atomic E-state index is -1.21. The molecule has 2 aromatic rings. The Kier molecular flexibility index (Phi) is 11.1. The molecule has 0 saturated heterocycles. The van der Waals surface area contributed by atoms with Crippen molar-refractivity contribution in [2.45, 2.75) is 32.2 Å². The lowest BCUT2D eigenvalue weighted by atomic mass is 10.1. The number of hydrogen-bond donors (Lipinski definition) is 4. The zero-order valence-corrected chi connectivity index (χ0v) is 17.5. The van der Waals surface area contributed by atoms with Crippen LogP contribution in [-0.2, 0) is 9.59 Å². The molecule has 1 atom stereocenters. The molecule has 0 amide bonds. The molecule has 2 rings (SSSR count). The molecule has 10 heteroatoms. The summed E-state index contributed by atoms with van der Waals surface area (Å²) < 4.78 is 10.0. The van der Waals surface area contributed by atoms with Crippen LogP contribution >= 0.6 is 0 Å². The standard InChI is InChI=1S/C16H12O6.C6H14N2O2/c1-10(17)21-14-9-5-3-7-12(14)16(20)22-13-8-4-2-6-11(13)15(18)19;7-4-2-1-3-5(8)6(9)10/h2-9H,1H3,(H,18,19);5H,1-4,7-8H2,(H,9,10)/t;5-/m.0/s1. The molecule has 0 aliphatic heterocycles. The van der Waals surface area contributed by atoms with Gasteiger partial charge in [-0.25, -0.2) is 9.59 Å². The number of hydrogen-bond acceptors (Lipinski definition) is 8. The van der Waals surface area contributed by atoms with Gasteiger partial charge in [-0.2, -0.15) is 0 Å². The highest BCUT2D eigenvalue weighted by Gasteiger charge is 2.19. The van der Waals surface area contributed by atoms with Crippen LogP contribution in [0, 0.1) is 0 Å². The van der Waals surface area contributed by atoms with Crippen LogP contribution in [-0.4, -0.2) is 46.7 Å². The van der Waals surface area contributed by atoms with Crippen molar-refractivity contribution in [2.75, 3.05) is 6.54 Å². The summed E-state index contributed by atoms with van der Waals surface area (Å²) in [6, 6.07) is 11.1. The van der Waals surface area contributed by atoms with Crippen molar-refractivity contribution in [1.29, 1.82) is 0 Å². The average molecular weight is 446 g/mol. The Balaban J connectivity index is 0.000000433. The second-order valence-electron chi connectivity index (χ2n) is 6.51. The van der Waals surface area contributed by atoms with Gasteiger partial charge in [-0.05, 0) is 43.7 Å². The van der Waals surface area contributed by atoms with E-state index < -0.39 is 29.9 Å². The smallest absolute Gasteiger partial charge is 0.347 e. The first-order valence-electron chi connectivity index (χ1n) is 9.67. The van der Waals surface area contributed by atoms with E-state index in [-0.39, 0.29) is 22.6 Å². The SMILES string of the molecule is CC(=O)Oc1ccccc1C(=O)Oc1ccccc1C(=O)O.NCCCC[C@H](N)C(=O)O. The molecule has 172 valence electrons. The van der Waals surface area contributed by atoms with Gasteiger partial charge in [0.25, 0.3) is 0 Å². The van der Waals surface area contributed by atoms with Gasteiger partial charge in [-0.1, -0.05) is 30.7 Å². The predicted octanol–water partition coefficient (Wildman–Crippen LogP) is 2.06. The fourth-order valence-corrected chi connectivity index (χ4v) is 2.40. The van der Waals surface area contributed by atoms with Crippen LogP contribution < -0.4 is 20.9 Å². The molecule has 0 aromatic heterocycles. The minimum absolute atomic E-state index is 0.0258. The Morgan fingerprint density at radius 3 is 1.91 bits per heavy atom. The number of para-hydroxylation sites is 2. The summed E-state index contributed by atoms with van der Waals surface area (Å²) in [7, 11) is 0. The first-order valence-corrected chi connectivity index (χ1v) is 9.67. The van der Waals surface area contributed by atoms with Crippen LogP contribution in [0.2, 0.25) is 0 Å². The molecule has 0 fully saturated rings. The van der Waals surface area contributed by atoms with Crippen LogP contribution in [0.4, 0.5) is 0 Å². The highest BCUT2D eigenvalue weighted by molar-refractivity contribution is 5.97. The molecule has 0 aliphatic rings. The highest BCUT2D eigenvalue weighted by atomic mass is 16.6. The Morgan fingerprint density at radius 2 is 1.41 bits per heavy atom. The average Bonchev–Trinajstić information content (AvgIpc) is 2.74. The maximum Gasteiger partial charge on any atom is 0.347 e. The number of rotatable bonds is 9. The number of carboxylic acids is 2. The molecule has 2 aromatic carbocycles. The van der Waals surface area contributed by atoms with E-state index in [1.165, 1.54) is 37.3 Å². The fourth-order valence-electron chi connectivity index (χ4n) is 2.40. The van der Waals surface area contributed by atoms with Crippen molar-refractivity contribution in [3.8, 4) is 11.5 Å². The summed E-state index contributed by atoms with van der Waals surface area (Å²) in [5, 5.41) is 17.4. The van der Waals surface area contributed by atoms with Gasteiger partial charge in [-0.3, -0.25) is 9.59 Å². The van der Waals surface area contributed by atoms with Crippen LogP contribution in [0.5, 0.6) is 11.5 Å². The lowest BCUT2D eigenvalue weighted by molar-refractivity contribution is -0.138. The molecule has 0 spiro atoms. The highest BCUT2D eigenvalue weighted by Crippen LogP contribution is 2.23. The zero-order chi connectivity index (χ0) is 24.1. The van der Waals surface area contributed by atoms with Gasteiger partial charge in [0.15, 0.2) is 0 Å². The number of carbonyl (C=O) groups excluding carboxylic acids is 2. The third-order valence-corrected chi connectivity index (χ3v) is 3.97. The largest absolute Gasteiger partial charge is 0.480 e. The van der Waals surface area contributed by atoms with Crippen LogP contribution in [0.25, 0.3) is 0 Å². The Bertz CT molecular complexity index is 945. The van der Waals surface area contributed by atoms with E-state index in [2.05, 4.69) is 0 Å². The normalized spacial score (nSPS) is 10.8. The van der Waals surface area contributed by atoms with Gasteiger partial charge in [0.05, 0.1) is 0 Å². The molecule has 32 heavy (non-hydrogen) atoms. The van der Waals surface area contributed by atoms with E-state index in [9.17, 15) is 19.2 Å². The maximum atomic E-state index is 12.2. The number of aromatic carboxylic acids is 1. The second kappa shape index (κ2) is 13.5. The lowest BCUT2D eigenvalue weighted by Crippen LogP contribution is -2.29. The van der Waals surface area contributed by atoms with Gasteiger partial charge in [0.1, 0.15) is 28.7 Å². The summed E-state index contributed by atoms with van der Waals surface area (Å²) in [5.41, 5.74) is 10.3. The van der Waals surface area contributed by atoms with Gasteiger partial charge >= 0.3 is 23.9 Å². The van der Waals surface area contributed by atoms with E-state index >= 15 is 0 Å². The van der Waals surface area contributed by atoms with Gasteiger partial charge in [0.2, 0.25) is 0 Å². The van der Waals surface area contributed by atoms with Crippen molar-refractivity contribution < 1.29 is 38.9 Å². The number of ether oxygens (including phenoxy) is 2. The monoisotopic (exact) mass is 446 g/mol. The molecule has 0 saturated carbocycles. The Morgan fingerprint density at radius 1 is 0.875 bits per heavy atom.